The summed E-state index contributed by atoms with van der Waals surface area (Å²) in [6.07, 6.45) is 1.01. The van der Waals surface area contributed by atoms with Crippen molar-refractivity contribution >= 4 is 11.9 Å². The van der Waals surface area contributed by atoms with Crippen molar-refractivity contribution in [3.8, 4) is 0 Å². The Morgan fingerprint density at radius 1 is 1.14 bits per heavy atom. The van der Waals surface area contributed by atoms with Crippen LogP contribution in [-0.4, -0.2) is 25.5 Å². The number of hydrogen-bond acceptors (Lipinski definition) is 3. The first-order chi connectivity index (χ1) is 9.97. The van der Waals surface area contributed by atoms with E-state index < -0.39 is 6.03 Å². The van der Waals surface area contributed by atoms with Crippen LogP contribution in [0.3, 0.4) is 0 Å². The minimum atomic E-state index is -0.491. The lowest BCUT2D eigenvalue weighted by molar-refractivity contribution is -0.119. The van der Waals surface area contributed by atoms with Gasteiger partial charge in [-0.15, -0.1) is 0 Å². The molecule has 0 aliphatic carbocycles. The Morgan fingerprint density at radius 3 is 2.24 bits per heavy atom. The van der Waals surface area contributed by atoms with Gasteiger partial charge in [-0.1, -0.05) is 45.0 Å². The largest absolute Gasteiger partial charge is 0.341 e. The standard InChI is InChI=1S/C16H25N3O2/c1-5-12-6-8-13(9-7-12)15(11(2)3)18-10-14(20)19-16(21)17-4/h6-9,11,15,18H,5,10H2,1-4H3,(H2,17,19,20,21)/t15-/m0/s1. The summed E-state index contributed by atoms with van der Waals surface area (Å²) in [7, 11) is 1.47. The van der Waals surface area contributed by atoms with Crippen LogP contribution in [0.1, 0.15) is 37.9 Å². The van der Waals surface area contributed by atoms with Gasteiger partial charge in [0, 0.05) is 13.1 Å². The molecule has 0 radical (unpaired) electrons. The van der Waals surface area contributed by atoms with E-state index in [9.17, 15) is 9.59 Å². The van der Waals surface area contributed by atoms with Crippen molar-refractivity contribution in [1.82, 2.24) is 16.0 Å². The number of urea groups is 1. The molecule has 0 heterocycles. The van der Waals surface area contributed by atoms with Crippen LogP contribution in [0.2, 0.25) is 0 Å². The molecule has 3 N–H and O–H groups in total. The van der Waals surface area contributed by atoms with Gasteiger partial charge in [-0.05, 0) is 23.5 Å². The fraction of sp³-hybridized carbons (Fsp3) is 0.500. The maximum atomic E-state index is 11.6. The molecule has 0 saturated carbocycles. The zero-order chi connectivity index (χ0) is 15.8. The number of hydrogen-bond donors (Lipinski definition) is 3. The van der Waals surface area contributed by atoms with Gasteiger partial charge in [0.1, 0.15) is 0 Å². The zero-order valence-electron chi connectivity index (χ0n) is 13.2. The molecule has 0 bridgehead atoms. The third kappa shape index (κ3) is 5.55. The first-order valence-electron chi connectivity index (χ1n) is 7.31. The predicted octanol–water partition coefficient (Wildman–Crippen LogP) is 1.99. The molecule has 0 saturated heterocycles. The lowest BCUT2D eigenvalue weighted by atomic mass is 9.95. The molecule has 0 spiro atoms. The average molecular weight is 291 g/mol. The van der Waals surface area contributed by atoms with Crippen LogP contribution < -0.4 is 16.0 Å². The second-order valence-corrected chi connectivity index (χ2v) is 5.33. The van der Waals surface area contributed by atoms with Gasteiger partial charge >= 0.3 is 6.03 Å². The molecule has 1 aromatic rings. The van der Waals surface area contributed by atoms with Gasteiger partial charge in [-0.3, -0.25) is 10.1 Å². The summed E-state index contributed by atoms with van der Waals surface area (Å²) < 4.78 is 0. The van der Waals surface area contributed by atoms with Crippen LogP contribution in [0.25, 0.3) is 0 Å². The van der Waals surface area contributed by atoms with Crippen LogP contribution in [0.5, 0.6) is 0 Å². The topological polar surface area (TPSA) is 70.2 Å². The van der Waals surface area contributed by atoms with Gasteiger partial charge < -0.3 is 10.6 Å². The number of aryl methyl sites for hydroxylation is 1. The molecule has 0 aromatic heterocycles. The van der Waals surface area contributed by atoms with Crippen molar-refractivity contribution in [3.63, 3.8) is 0 Å². The van der Waals surface area contributed by atoms with E-state index >= 15 is 0 Å². The second-order valence-electron chi connectivity index (χ2n) is 5.33. The maximum Gasteiger partial charge on any atom is 0.321 e. The molecule has 1 aromatic carbocycles. The number of nitrogens with one attached hydrogen (secondary N) is 3. The van der Waals surface area contributed by atoms with Gasteiger partial charge in [0.15, 0.2) is 0 Å². The molecular weight excluding hydrogens is 266 g/mol. The van der Waals surface area contributed by atoms with Gasteiger partial charge in [-0.2, -0.15) is 0 Å². The van der Waals surface area contributed by atoms with Gasteiger partial charge in [-0.25, -0.2) is 4.79 Å². The van der Waals surface area contributed by atoms with E-state index in [-0.39, 0.29) is 18.5 Å². The Balaban J connectivity index is 2.65. The van der Waals surface area contributed by atoms with Crippen molar-refractivity contribution in [1.29, 1.82) is 0 Å². The molecule has 5 nitrogen and oxygen atoms in total. The molecule has 5 heteroatoms. The van der Waals surface area contributed by atoms with Crippen molar-refractivity contribution in [3.05, 3.63) is 35.4 Å². The summed E-state index contributed by atoms with van der Waals surface area (Å²) >= 11 is 0. The smallest absolute Gasteiger partial charge is 0.321 e. The van der Waals surface area contributed by atoms with Gasteiger partial charge in [0.2, 0.25) is 5.91 Å². The van der Waals surface area contributed by atoms with E-state index in [1.807, 2.05) is 0 Å². The SMILES string of the molecule is CCc1ccc([C@@H](NCC(=O)NC(=O)NC)C(C)C)cc1. The second kappa shape index (κ2) is 8.42. The maximum absolute atomic E-state index is 11.6. The van der Waals surface area contributed by atoms with Crippen LogP contribution in [0, 0.1) is 5.92 Å². The molecule has 116 valence electrons. The first-order valence-corrected chi connectivity index (χ1v) is 7.31. The third-order valence-electron chi connectivity index (χ3n) is 3.38. The van der Waals surface area contributed by atoms with Crippen molar-refractivity contribution in [2.45, 2.75) is 33.2 Å². The first kappa shape index (κ1) is 17.2. The Labute approximate surface area is 126 Å². The third-order valence-corrected chi connectivity index (χ3v) is 3.38. The summed E-state index contributed by atoms with van der Waals surface area (Å²) in [5, 5.41) is 7.80. The van der Waals surface area contributed by atoms with Crippen LogP contribution in [0.4, 0.5) is 4.79 Å². The summed E-state index contributed by atoms with van der Waals surface area (Å²) in [6, 6.07) is 7.98. The average Bonchev–Trinajstić information content (AvgIpc) is 2.47. The van der Waals surface area contributed by atoms with Crippen LogP contribution in [-0.2, 0) is 11.2 Å². The Hall–Kier alpha value is -1.88. The molecule has 1 rings (SSSR count). The lowest BCUT2D eigenvalue weighted by Gasteiger charge is -2.23. The Kier molecular flexibility index (Phi) is 6.88. The molecule has 21 heavy (non-hydrogen) atoms. The summed E-state index contributed by atoms with van der Waals surface area (Å²) in [5.74, 6) is -0.00421. The van der Waals surface area contributed by atoms with E-state index in [0.717, 1.165) is 12.0 Å². The number of rotatable bonds is 6. The fourth-order valence-electron chi connectivity index (χ4n) is 2.14. The van der Waals surface area contributed by atoms with Gasteiger partial charge in [0.05, 0.1) is 6.54 Å². The molecule has 1 atom stereocenters. The van der Waals surface area contributed by atoms with Crippen molar-refractivity contribution in [2.24, 2.45) is 5.92 Å². The highest BCUT2D eigenvalue weighted by Crippen LogP contribution is 2.21. The van der Waals surface area contributed by atoms with E-state index in [4.69, 9.17) is 0 Å². The Bertz CT molecular complexity index is 469. The minimum absolute atomic E-state index is 0.0753. The fourth-order valence-corrected chi connectivity index (χ4v) is 2.14. The number of carbonyl (C=O) groups is 2. The lowest BCUT2D eigenvalue weighted by Crippen LogP contribution is -2.43. The van der Waals surface area contributed by atoms with E-state index in [0.29, 0.717) is 5.92 Å². The zero-order valence-corrected chi connectivity index (χ0v) is 13.2. The summed E-state index contributed by atoms with van der Waals surface area (Å²) in [6.45, 7) is 6.42. The van der Waals surface area contributed by atoms with Crippen LogP contribution >= 0.6 is 0 Å². The highest BCUT2D eigenvalue weighted by Gasteiger charge is 2.17. The Morgan fingerprint density at radius 2 is 1.76 bits per heavy atom. The highest BCUT2D eigenvalue weighted by molar-refractivity contribution is 5.95. The number of amides is 3. The summed E-state index contributed by atoms with van der Waals surface area (Å²) in [4.78, 5) is 22.7. The van der Waals surface area contributed by atoms with E-state index in [1.165, 1.54) is 12.6 Å². The van der Waals surface area contributed by atoms with E-state index in [2.05, 4.69) is 61.0 Å². The number of benzene rings is 1. The summed E-state index contributed by atoms with van der Waals surface area (Å²) in [5.41, 5.74) is 2.44. The van der Waals surface area contributed by atoms with Crippen molar-refractivity contribution in [2.75, 3.05) is 13.6 Å². The molecule has 0 aliphatic heterocycles. The quantitative estimate of drug-likeness (QED) is 0.750. The van der Waals surface area contributed by atoms with E-state index in [1.54, 1.807) is 0 Å². The number of imide groups is 1. The molecular formula is C16H25N3O2. The van der Waals surface area contributed by atoms with Crippen molar-refractivity contribution < 1.29 is 9.59 Å². The van der Waals surface area contributed by atoms with Crippen LogP contribution in [0.15, 0.2) is 24.3 Å². The molecule has 3 amide bonds. The molecule has 0 fully saturated rings. The molecule has 0 aliphatic rings. The molecule has 0 unspecified atom stereocenters. The minimum Gasteiger partial charge on any atom is -0.341 e. The predicted molar refractivity (Wildman–Crippen MR) is 84.0 cm³/mol. The monoisotopic (exact) mass is 291 g/mol. The number of carbonyl (C=O) groups excluding carboxylic acids is 2. The normalized spacial score (nSPS) is 12.0. The van der Waals surface area contributed by atoms with Gasteiger partial charge in [0.25, 0.3) is 0 Å². The highest BCUT2D eigenvalue weighted by atomic mass is 16.2.